The largest absolute Gasteiger partial charge is 0.297 e. The number of carbonyl (C=O) groups excluding carboxylic acids is 2. The van der Waals surface area contributed by atoms with Crippen molar-refractivity contribution in [2.45, 2.75) is 44.1 Å². The van der Waals surface area contributed by atoms with E-state index in [2.05, 4.69) is 57.3 Å². The van der Waals surface area contributed by atoms with E-state index in [1.54, 1.807) is 12.1 Å². The predicted molar refractivity (Wildman–Crippen MR) is 117 cm³/mol. The molecule has 158 valence electrons. The van der Waals surface area contributed by atoms with Crippen LogP contribution in [0.5, 0.6) is 0 Å². The Morgan fingerprint density at radius 2 is 1.70 bits per heavy atom. The third-order valence-electron chi connectivity index (χ3n) is 6.89. The number of rotatable bonds is 4. The van der Waals surface area contributed by atoms with E-state index in [4.69, 9.17) is 0 Å². The Morgan fingerprint density at radius 1 is 1.07 bits per heavy atom. The summed E-state index contributed by atoms with van der Waals surface area (Å²) in [5.41, 5.74) is 1.31. The topological polar surface area (TPSA) is 49.4 Å². The fraction of sp³-hybridized carbons (Fsp3) is 0.417. The van der Waals surface area contributed by atoms with Crippen LogP contribution in [0.4, 0.5) is 4.39 Å². The van der Waals surface area contributed by atoms with Crippen molar-refractivity contribution < 1.29 is 14.0 Å². The molecule has 2 atom stereocenters. The van der Waals surface area contributed by atoms with Gasteiger partial charge < -0.3 is 0 Å². The normalized spacial score (nSPS) is 24.5. The second-order valence-electron chi connectivity index (χ2n) is 8.39. The lowest BCUT2D eigenvalue weighted by Crippen LogP contribution is -2.57. The summed E-state index contributed by atoms with van der Waals surface area (Å²) in [6.07, 6.45) is 2.52. The van der Waals surface area contributed by atoms with E-state index in [9.17, 15) is 14.0 Å². The SMILES string of the molecule is CC(c1ccc(Br)cc1)N1CCC([C@]2(c3ccc(F)cc3)CCC(=O)NC2=O)CC1. The molecule has 30 heavy (non-hydrogen) atoms. The molecule has 2 aromatic rings. The van der Waals surface area contributed by atoms with Gasteiger partial charge >= 0.3 is 0 Å². The van der Waals surface area contributed by atoms with Crippen molar-refractivity contribution in [1.29, 1.82) is 0 Å². The Bertz CT molecular complexity index is 923. The number of nitrogens with zero attached hydrogens (tertiary/aromatic N) is 1. The molecule has 2 aliphatic heterocycles. The molecule has 2 aromatic carbocycles. The Morgan fingerprint density at radius 3 is 2.30 bits per heavy atom. The average Bonchev–Trinajstić information content (AvgIpc) is 2.75. The lowest BCUT2D eigenvalue weighted by Gasteiger charge is -2.46. The molecule has 0 saturated carbocycles. The number of hydrogen-bond donors (Lipinski definition) is 1. The Kier molecular flexibility index (Phi) is 6.07. The average molecular weight is 473 g/mol. The van der Waals surface area contributed by atoms with Crippen molar-refractivity contribution in [3.63, 3.8) is 0 Å². The van der Waals surface area contributed by atoms with Crippen LogP contribution >= 0.6 is 15.9 Å². The highest BCUT2D eigenvalue weighted by Gasteiger charge is 2.50. The maximum Gasteiger partial charge on any atom is 0.237 e. The zero-order valence-corrected chi connectivity index (χ0v) is 18.6. The lowest BCUT2D eigenvalue weighted by molar-refractivity contribution is -0.140. The summed E-state index contributed by atoms with van der Waals surface area (Å²) in [5, 5.41) is 2.56. The Hall–Kier alpha value is -2.05. The van der Waals surface area contributed by atoms with Gasteiger partial charge in [0.25, 0.3) is 0 Å². The van der Waals surface area contributed by atoms with Crippen LogP contribution in [0.2, 0.25) is 0 Å². The summed E-state index contributed by atoms with van der Waals surface area (Å²) in [6, 6.07) is 14.9. The third-order valence-corrected chi connectivity index (χ3v) is 7.42. The lowest BCUT2D eigenvalue weighted by atomic mass is 9.62. The number of likely N-dealkylation sites (tertiary alicyclic amines) is 1. The summed E-state index contributed by atoms with van der Waals surface area (Å²) in [5.74, 6) is -0.660. The maximum atomic E-state index is 13.5. The quantitative estimate of drug-likeness (QED) is 0.653. The zero-order valence-electron chi connectivity index (χ0n) is 17.0. The minimum absolute atomic E-state index is 0.115. The minimum atomic E-state index is -0.769. The molecule has 1 unspecified atom stereocenters. The zero-order chi connectivity index (χ0) is 21.3. The van der Waals surface area contributed by atoms with E-state index < -0.39 is 5.41 Å². The van der Waals surface area contributed by atoms with Crippen molar-refractivity contribution >= 4 is 27.7 Å². The van der Waals surface area contributed by atoms with Crippen molar-refractivity contribution in [1.82, 2.24) is 10.2 Å². The Balaban J connectivity index is 1.55. The van der Waals surface area contributed by atoms with Crippen LogP contribution in [0.3, 0.4) is 0 Å². The summed E-state index contributed by atoms with van der Waals surface area (Å²) in [6.45, 7) is 3.98. The number of benzene rings is 2. The number of carbonyl (C=O) groups is 2. The molecule has 2 saturated heterocycles. The van der Waals surface area contributed by atoms with E-state index in [1.807, 2.05) is 0 Å². The van der Waals surface area contributed by atoms with Gasteiger partial charge in [-0.05, 0) is 80.6 Å². The van der Waals surface area contributed by atoms with Gasteiger partial charge in [0.1, 0.15) is 5.82 Å². The maximum absolute atomic E-state index is 13.5. The number of hydrogen-bond acceptors (Lipinski definition) is 3. The van der Waals surface area contributed by atoms with Gasteiger partial charge in [-0.25, -0.2) is 4.39 Å². The van der Waals surface area contributed by atoms with E-state index in [1.165, 1.54) is 17.7 Å². The van der Waals surface area contributed by atoms with Gasteiger partial charge in [-0.15, -0.1) is 0 Å². The number of imide groups is 1. The standard InChI is InChI=1S/C24H26BrFN2O2/c1-16(17-2-6-20(25)7-3-17)28-14-11-19(12-15-28)24(13-10-22(29)27-23(24)30)18-4-8-21(26)9-5-18/h2-9,16,19H,10-15H2,1H3,(H,27,29,30)/t16?,24-/m1/s1. The molecule has 0 aliphatic carbocycles. The van der Waals surface area contributed by atoms with Crippen molar-refractivity contribution in [3.05, 3.63) is 69.9 Å². The van der Waals surface area contributed by atoms with Gasteiger partial charge in [-0.3, -0.25) is 19.8 Å². The van der Waals surface area contributed by atoms with Crippen molar-refractivity contribution in [3.8, 4) is 0 Å². The molecule has 2 amide bonds. The first-order valence-electron chi connectivity index (χ1n) is 10.5. The van der Waals surface area contributed by atoms with Gasteiger partial charge in [-0.2, -0.15) is 0 Å². The van der Waals surface area contributed by atoms with Crippen LogP contribution in [-0.4, -0.2) is 29.8 Å². The van der Waals surface area contributed by atoms with Crippen LogP contribution in [0.1, 0.15) is 49.8 Å². The molecule has 0 bridgehead atoms. The number of amides is 2. The Labute approximate surface area is 185 Å². The first-order valence-corrected chi connectivity index (χ1v) is 11.3. The predicted octanol–water partition coefficient (Wildman–Crippen LogP) is 4.74. The number of nitrogens with one attached hydrogen (secondary N) is 1. The van der Waals surface area contributed by atoms with Crippen LogP contribution in [0.15, 0.2) is 53.0 Å². The molecule has 2 heterocycles. The van der Waals surface area contributed by atoms with Gasteiger partial charge in [0.15, 0.2) is 0 Å². The second kappa shape index (κ2) is 8.60. The van der Waals surface area contributed by atoms with E-state index in [0.717, 1.165) is 36.0 Å². The van der Waals surface area contributed by atoms with Crippen molar-refractivity contribution in [2.24, 2.45) is 5.92 Å². The van der Waals surface area contributed by atoms with E-state index in [0.29, 0.717) is 18.9 Å². The molecule has 0 spiro atoms. The number of halogens is 2. The molecule has 2 aliphatic rings. The van der Waals surface area contributed by atoms with Crippen LogP contribution in [0, 0.1) is 11.7 Å². The minimum Gasteiger partial charge on any atom is -0.297 e. The van der Waals surface area contributed by atoms with Gasteiger partial charge in [-0.1, -0.05) is 40.2 Å². The van der Waals surface area contributed by atoms with E-state index >= 15 is 0 Å². The van der Waals surface area contributed by atoms with Crippen molar-refractivity contribution in [2.75, 3.05) is 13.1 Å². The molecule has 2 fully saturated rings. The summed E-state index contributed by atoms with van der Waals surface area (Å²) >= 11 is 3.49. The highest BCUT2D eigenvalue weighted by molar-refractivity contribution is 9.10. The van der Waals surface area contributed by atoms with Crippen LogP contribution in [-0.2, 0) is 15.0 Å². The highest BCUT2D eigenvalue weighted by atomic mass is 79.9. The molecular formula is C24H26BrFN2O2. The molecule has 0 aromatic heterocycles. The first kappa shape index (κ1) is 21.2. The third kappa shape index (κ3) is 3.95. The fourth-order valence-electron chi connectivity index (χ4n) is 5.10. The highest BCUT2D eigenvalue weighted by Crippen LogP contribution is 2.45. The van der Waals surface area contributed by atoms with Crippen LogP contribution in [0.25, 0.3) is 0 Å². The van der Waals surface area contributed by atoms with E-state index in [-0.39, 0.29) is 23.5 Å². The van der Waals surface area contributed by atoms with Gasteiger partial charge in [0.05, 0.1) is 5.41 Å². The fourth-order valence-corrected chi connectivity index (χ4v) is 5.37. The van der Waals surface area contributed by atoms with Gasteiger partial charge in [0, 0.05) is 16.9 Å². The van der Waals surface area contributed by atoms with Gasteiger partial charge in [0.2, 0.25) is 11.8 Å². The summed E-state index contributed by atoms with van der Waals surface area (Å²) in [7, 11) is 0. The monoisotopic (exact) mass is 472 g/mol. The summed E-state index contributed by atoms with van der Waals surface area (Å²) in [4.78, 5) is 27.4. The molecular weight excluding hydrogens is 447 g/mol. The molecule has 6 heteroatoms. The summed E-state index contributed by atoms with van der Waals surface area (Å²) < 4.78 is 14.6. The number of piperidine rings is 2. The second-order valence-corrected chi connectivity index (χ2v) is 9.31. The van der Waals surface area contributed by atoms with Crippen LogP contribution < -0.4 is 5.32 Å². The molecule has 1 N–H and O–H groups in total. The smallest absolute Gasteiger partial charge is 0.237 e. The first-order chi connectivity index (χ1) is 14.4. The molecule has 0 radical (unpaired) electrons. The molecule has 4 nitrogen and oxygen atoms in total. The molecule has 4 rings (SSSR count).